The van der Waals surface area contributed by atoms with Gasteiger partial charge in [0, 0.05) is 24.8 Å². The third-order valence-electron chi connectivity index (χ3n) is 4.20. The zero-order valence-corrected chi connectivity index (χ0v) is 13.0. The van der Waals surface area contributed by atoms with Crippen molar-refractivity contribution in [3.8, 4) is 0 Å². The first-order valence-electron chi connectivity index (χ1n) is 7.84. The van der Waals surface area contributed by atoms with Crippen molar-refractivity contribution in [2.24, 2.45) is 0 Å². The standard InChI is InChI=1S/C21H16N2O/c24-21(16-7-11-23-12-8-16)20-14-17(13-15-5-9-22-10-6-15)18-3-1-2-4-19(18)20/h1-14,21,24H/b17-13-/t21-/m0/s1. The van der Waals surface area contributed by atoms with Crippen molar-refractivity contribution < 1.29 is 5.11 Å². The molecule has 1 atom stereocenters. The molecule has 0 radical (unpaired) electrons. The average molecular weight is 312 g/mol. The average Bonchev–Trinajstić information content (AvgIpc) is 3.01. The molecule has 2 aromatic heterocycles. The minimum atomic E-state index is -0.669. The Morgan fingerprint density at radius 1 is 0.792 bits per heavy atom. The summed E-state index contributed by atoms with van der Waals surface area (Å²) in [7, 11) is 0. The van der Waals surface area contributed by atoms with E-state index < -0.39 is 6.10 Å². The minimum absolute atomic E-state index is 0.669. The minimum Gasteiger partial charge on any atom is -0.384 e. The van der Waals surface area contributed by atoms with E-state index in [2.05, 4.69) is 34.3 Å². The van der Waals surface area contributed by atoms with Crippen LogP contribution in [0.1, 0.15) is 28.4 Å². The van der Waals surface area contributed by atoms with E-state index in [1.165, 1.54) is 0 Å². The van der Waals surface area contributed by atoms with Crippen LogP contribution in [0.15, 0.2) is 79.4 Å². The fourth-order valence-electron chi connectivity index (χ4n) is 3.02. The highest BCUT2D eigenvalue weighted by molar-refractivity contribution is 6.02. The lowest BCUT2D eigenvalue weighted by Gasteiger charge is -2.13. The first-order valence-corrected chi connectivity index (χ1v) is 7.84. The lowest BCUT2D eigenvalue weighted by molar-refractivity contribution is 0.238. The smallest absolute Gasteiger partial charge is 0.105 e. The summed E-state index contributed by atoms with van der Waals surface area (Å²) in [6, 6.07) is 15.8. The number of allylic oxidation sites excluding steroid dienone is 2. The van der Waals surface area contributed by atoms with E-state index in [0.717, 1.165) is 33.4 Å². The SMILES string of the molecule is O[C@H](C1=C/C(=C/c2ccncc2)c2ccccc21)c1ccncc1. The van der Waals surface area contributed by atoms with Crippen molar-refractivity contribution >= 4 is 17.2 Å². The summed E-state index contributed by atoms with van der Waals surface area (Å²) >= 11 is 0. The van der Waals surface area contributed by atoms with Gasteiger partial charge in [0.05, 0.1) is 0 Å². The molecule has 0 unspecified atom stereocenters. The Hall–Kier alpha value is -3.04. The zero-order chi connectivity index (χ0) is 16.4. The van der Waals surface area contributed by atoms with E-state index in [1.54, 1.807) is 24.8 Å². The molecule has 1 aliphatic carbocycles. The Kier molecular flexibility index (Phi) is 3.77. The van der Waals surface area contributed by atoms with E-state index in [-0.39, 0.29) is 0 Å². The number of fused-ring (bicyclic) bond motifs is 1. The first-order chi connectivity index (χ1) is 11.8. The molecule has 4 rings (SSSR count). The summed E-state index contributed by atoms with van der Waals surface area (Å²) in [6.07, 6.45) is 10.5. The van der Waals surface area contributed by atoms with E-state index in [4.69, 9.17) is 0 Å². The maximum absolute atomic E-state index is 10.8. The summed E-state index contributed by atoms with van der Waals surface area (Å²) < 4.78 is 0. The largest absolute Gasteiger partial charge is 0.384 e. The zero-order valence-electron chi connectivity index (χ0n) is 13.0. The molecular formula is C21H16N2O. The molecule has 3 aromatic rings. The Labute approximate surface area is 140 Å². The van der Waals surface area contributed by atoms with E-state index >= 15 is 0 Å². The van der Waals surface area contributed by atoms with Crippen molar-refractivity contribution in [3.05, 3.63) is 102 Å². The first kappa shape index (κ1) is 14.5. The highest BCUT2D eigenvalue weighted by Gasteiger charge is 2.24. The lowest BCUT2D eigenvalue weighted by Crippen LogP contribution is -1.99. The number of nitrogens with zero attached hydrogens (tertiary/aromatic N) is 2. The van der Waals surface area contributed by atoms with Gasteiger partial charge in [-0.2, -0.15) is 0 Å². The number of rotatable bonds is 3. The molecule has 2 heterocycles. The number of benzene rings is 1. The third-order valence-corrected chi connectivity index (χ3v) is 4.20. The van der Waals surface area contributed by atoms with Gasteiger partial charge in [0.2, 0.25) is 0 Å². The van der Waals surface area contributed by atoms with Crippen LogP contribution in [0, 0.1) is 0 Å². The third kappa shape index (κ3) is 2.66. The highest BCUT2D eigenvalue weighted by atomic mass is 16.3. The van der Waals surface area contributed by atoms with Gasteiger partial charge in [0.15, 0.2) is 0 Å². The normalized spacial score (nSPS) is 15.9. The Morgan fingerprint density at radius 3 is 2.12 bits per heavy atom. The summed E-state index contributed by atoms with van der Waals surface area (Å²) in [5.41, 5.74) is 6.15. The second-order valence-corrected chi connectivity index (χ2v) is 5.71. The number of aliphatic hydroxyl groups is 1. The van der Waals surface area contributed by atoms with Crippen LogP contribution < -0.4 is 0 Å². The topological polar surface area (TPSA) is 46.0 Å². The van der Waals surface area contributed by atoms with Gasteiger partial charge in [-0.1, -0.05) is 24.3 Å². The van der Waals surface area contributed by atoms with Crippen molar-refractivity contribution in [1.29, 1.82) is 0 Å². The van der Waals surface area contributed by atoms with Gasteiger partial charge in [-0.25, -0.2) is 0 Å². The van der Waals surface area contributed by atoms with Crippen LogP contribution in [0.3, 0.4) is 0 Å². The molecule has 0 fully saturated rings. The molecule has 0 spiro atoms. The predicted octanol–water partition coefficient (Wildman–Crippen LogP) is 4.15. The Balaban J connectivity index is 1.80. The fraction of sp³-hybridized carbons (Fsp3) is 0.0476. The van der Waals surface area contributed by atoms with Crippen LogP contribution >= 0.6 is 0 Å². The molecule has 0 saturated heterocycles. The van der Waals surface area contributed by atoms with Gasteiger partial charge in [-0.05, 0) is 69.8 Å². The van der Waals surface area contributed by atoms with Gasteiger partial charge in [-0.15, -0.1) is 0 Å². The summed E-state index contributed by atoms with van der Waals surface area (Å²) in [5.74, 6) is 0. The molecular weight excluding hydrogens is 296 g/mol. The van der Waals surface area contributed by atoms with Gasteiger partial charge in [0.1, 0.15) is 6.10 Å². The maximum Gasteiger partial charge on any atom is 0.105 e. The molecule has 0 aliphatic heterocycles. The lowest BCUT2D eigenvalue weighted by atomic mass is 9.97. The monoisotopic (exact) mass is 312 g/mol. The molecule has 1 aromatic carbocycles. The second kappa shape index (κ2) is 6.22. The Bertz CT molecular complexity index is 915. The van der Waals surface area contributed by atoms with Crippen LogP contribution in [0.25, 0.3) is 17.2 Å². The fourth-order valence-corrected chi connectivity index (χ4v) is 3.02. The number of pyridine rings is 2. The van der Waals surface area contributed by atoms with Crippen LogP contribution in [0.4, 0.5) is 0 Å². The van der Waals surface area contributed by atoms with Crippen molar-refractivity contribution in [2.45, 2.75) is 6.10 Å². The quantitative estimate of drug-likeness (QED) is 0.790. The van der Waals surface area contributed by atoms with Gasteiger partial charge in [-0.3, -0.25) is 9.97 Å². The van der Waals surface area contributed by atoms with E-state index in [1.807, 2.05) is 36.4 Å². The van der Waals surface area contributed by atoms with Gasteiger partial charge < -0.3 is 5.11 Å². The number of hydrogen-bond acceptors (Lipinski definition) is 3. The molecule has 1 aliphatic rings. The van der Waals surface area contributed by atoms with Crippen LogP contribution in [0.5, 0.6) is 0 Å². The summed E-state index contributed by atoms with van der Waals surface area (Å²) in [4.78, 5) is 8.08. The van der Waals surface area contributed by atoms with Crippen molar-refractivity contribution in [2.75, 3.05) is 0 Å². The molecule has 0 saturated carbocycles. The molecule has 3 heteroatoms. The van der Waals surface area contributed by atoms with Crippen LogP contribution in [-0.4, -0.2) is 15.1 Å². The molecule has 1 N–H and O–H groups in total. The van der Waals surface area contributed by atoms with Crippen molar-refractivity contribution in [3.63, 3.8) is 0 Å². The Morgan fingerprint density at radius 2 is 1.42 bits per heavy atom. The summed E-state index contributed by atoms with van der Waals surface area (Å²) in [6.45, 7) is 0. The molecule has 116 valence electrons. The molecule has 0 amide bonds. The molecule has 24 heavy (non-hydrogen) atoms. The predicted molar refractivity (Wildman–Crippen MR) is 95.7 cm³/mol. The molecule has 3 nitrogen and oxygen atoms in total. The van der Waals surface area contributed by atoms with E-state index in [9.17, 15) is 5.11 Å². The number of aliphatic hydroxyl groups excluding tert-OH is 1. The maximum atomic E-state index is 10.8. The van der Waals surface area contributed by atoms with Gasteiger partial charge >= 0.3 is 0 Å². The van der Waals surface area contributed by atoms with Crippen molar-refractivity contribution in [1.82, 2.24) is 9.97 Å². The van der Waals surface area contributed by atoms with Gasteiger partial charge in [0.25, 0.3) is 0 Å². The second-order valence-electron chi connectivity index (χ2n) is 5.71. The number of aromatic nitrogens is 2. The molecule has 0 bridgehead atoms. The van der Waals surface area contributed by atoms with Crippen LogP contribution in [0.2, 0.25) is 0 Å². The van der Waals surface area contributed by atoms with E-state index in [0.29, 0.717) is 0 Å². The van der Waals surface area contributed by atoms with Crippen LogP contribution in [-0.2, 0) is 0 Å². The number of hydrogen-bond donors (Lipinski definition) is 1. The summed E-state index contributed by atoms with van der Waals surface area (Å²) in [5, 5.41) is 10.8. The highest BCUT2D eigenvalue weighted by Crippen LogP contribution is 2.42.